The second kappa shape index (κ2) is 14.5. The van der Waals surface area contributed by atoms with E-state index >= 15 is 0 Å². The number of rotatable bonds is 9. The molecular formula is C41H39N3O5. The van der Waals surface area contributed by atoms with E-state index in [0.29, 0.717) is 11.4 Å². The SMILES string of the molecule is CC(C)(C)OC(=O)Nc1ccc(NC(=O)[C@@H](Cc2ccc(-c3ccccc3)cc2)NC(=O)OCC2c3ccccc3-c3ccccc32)cc1. The molecule has 0 radical (unpaired) electrons. The number of carbonyl (C=O) groups is 3. The lowest BCUT2D eigenvalue weighted by Crippen LogP contribution is -2.45. The molecule has 0 aromatic heterocycles. The van der Waals surface area contributed by atoms with Gasteiger partial charge >= 0.3 is 12.2 Å². The van der Waals surface area contributed by atoms with Gasteiger partial charge in [0.1, 0.15) is 18.2 Å². The van der Waals surface area contributed by atoms with E-state index in [2.05, 4.69) is 40.2 Å². The molecule has 0 aliphatic heterocycles. The Bertz CT molecular complexity index is 1890. The Labute approximate surface area is 286 Å². The predicted octanol–water partition coefficient (Wildman–Crippen LogP) is 8.79. The maximum Gasteiger partial charge on any atom is 0.412 e. The van der Waals surface area contributed by atoms with Crippen LogP contribution in [0.4, 0.5) is 21.0 Å². The number of hydrogen-bond acceptors (Lipinski definition) is 5. The van der Waals surface area contributed by atoms with Gasteiger partial charge in [-0.2, -0.15) is 0 Å². The second-order valence-corrected chi connectivity index (χ2v) is 13.0. The van der Waals surface area contributed by atoms with Crippen LogP contribution in [0.2, 0.25) is 0 Å². The average molecular weight is 654 g/mol. The fourth-order valence-electron chi connectivity index (χ4n) is 5.98. The molecule has 1 aliphatic rings. The zero-order valence-electron chi connectivity index (χ0n) is 27.7. The van der Waals surface area contributed by atoms with Crippen LogP contribution in [0.1, 0.15) is 43.4 Å². The molecule has 0 bridgehead atoms. The van der Waals surface area contributed by atoms with E-state index < -0.39 is 29.7 Å². The third kappa shape index (κ3) is 8.34. The van der Waals surface area contributed by atoms with Crippen molar-refractivity contribution in [1.82, 2.24) is 5.32 Å². The van der Waals surface area contributed by atoms with Gasteiger partial charge < -0.3 is 20.1 Å². The highest BCUT2D eigenvalue weighted by Crippen LogP contribution is 2.44. The lowest BCUT2D eigenvalue weighted by atomic mass is 9.98. The molecule has 6 rings (SSSR count). The number of alkyl carbamates (subject to hydrolysis) is 1. The van der Waals surface area contributed by atoms with Crippen molar-refractivity contribution >= 4 is 29.5 Å². The molecule has 1 atom stereocenters. The zero-order valence-corrected chi connectivity index (χ0v) is 27.7. The Kier molecular flexibility index (Phi) is 9.76. The third-order valence-electron chi connectivity index (χ3n) is 8.25. The zero-order chi connectivity index (χ0) is 34.4. The fraction of sp³-hybridized carbons (Fsp3) is 0.195. The van der Waals surface area contributed by atoms with E-state index in [1.54, 1.807) is 45.0 Å². The first kappa shape index (κ1) is 33.0. The number of anilines is 2. The van der Waals surface area contributed by atoms with Crippen molar-refractivity contribution in [2.45, 2.75) is 44.8 Å². The van der Waals surface area contributed by atoms with Crippen LogP contribution in [-0.4, -0.2) is 36.3 Å². The topological polar surface area (TPSA) is 106 Å². The van der Waals surface area contributed by atoms with Crippen molar-refractivity contribution in [1.29, 1.82) is 0 Å². The molecule has 8 nitrogen and oxygen atoms in total. The summed E-state index contributed by atoms with van der Waals surface area (Å²) < 4.78 is 11.1. The van der Waals surface area contributed by atoms with Crippen LogP contribution in [0.15, 0.2) is 127 Å². The van der Waals surface area contributed by atoms with E-state index in [9.17, 15) is 14.4 Å². The first-order chi connectivity index (χ1) is 23.6. The van der Waals surface area contributed by atoms with Gasteiger partial charge in [-0.15, -0.1) is 0 Å². The van der Waals surface area contributed by atoms with E-state index in [1.807, 2.05) is 78.9 Å². The normalized spacial score (nSPS) is 12.6. The van der Waals surface area contributed by atoms with Crippen molar-refractivity contribution in [3.8, 4) is 22.3 Å². The Morgan fingerprint density at radius 1 is 0.633 bits per heavy atom. The van der Waals surface area contributed by atoms with Crippen molar-refractivity contribution < 1.29 is 23.9 Å². The van der Waals surface area contributed by atoms with Gasteiger partial charge in [0, 0.05) is 23.7 Å². The minimum absolute atomic E-state index is 0.108. The monoisotopic (exact) mass is 653 g/mol. The molecule has 0 unspecified atom stereocenters. The van der Waals surface area contributed by atoms with Crippen LogP contribution in [0, 0.1) is 0 Å². The summed E-state index contributed by atoms with van der Waals surface area (Å²) in [6.07, 6.45) is -1.02. The first-order valence-corrected chi connectivity index (χ1v) is 16.3. The molecule has 0 heterocycles. The molecule has 0 spiro atoms. The smallest absolute Gasteiger partial charge is 0.412 e. The summed E-state index contributed by atoms with van der Waals surface area (Å²) in [5.74, 6) is -0.516. The molecule has 5 aromatic rings. The molecular weight excluding hydrogens is 614 g/mol. The number of fused-ring (bicyclic) bond motifs is 3. The number of nitrogens with one attached hydrogen (secondary N) is 3. The Hall–Kier alpha value is -5.89. The van der Waals surface area contributed by atoms with Crippen LogP contribution in [0.25, 0.3) is 22.3 Å². The molecule has 5 aromatic carbocycles. The molecule has 0 saturated carbocycles. The molecule has 0 saturated heterocycles. The predicted molar refractivity (Wildman–Crippen MR) is 193 cm³/mol. The molecule has 248 valence electrons. The van der Waals surface area contributed by atoms with E-state index in [1.165, 1.54) is 0 Å². The van der Waals surface area contributed by atoms with Gasteiger partial charge in [0.15, 0.2) is 0 Å². The fourth-order valence-corrected chi connectivity index (χ4v) is 5.98. The maximum absolute atomic E-state index is 13.7. The highest BCUT2D eigenvalue weighted by atomic mass is 16.6. The van der Waals surface area contributed by atoms with E-state index in [-0.39, 0.29) is 18.9 Å². The van der Waals surface area contributed by atoms with E-state index in [0.717, 1.165) is 38.9 Å². The molecule has 49 heavy (non-hydrogen) atoms. The lowest BCUT2D eigenvalue weighted by molar-refractivity contribution is -0.118. The van der Waals surface area contributed by atoms with Crippen LogP contribution in [0.5, 0.6) is 0 Å². The third-order valence-corrected chi connectivity index (χ3v) is 8.25. The molecule has 8 heteroatoms. The van der Waals surface area contributed by atoms with E-state index in [4.69, 9.17) is 9.47 Å². The summed E-state index contributed by atoms with van der Waals surface area (Å²) >= 11 is 0. The van der Waals surface area contributed by atoms with Crippen LogP contribution in [0.3, 0.4) is 0 Å². The maximum atomic E-state index is 13.7. The van der Waals surface area contributed by atoms with Gasteiger partial charge in [0.2, 0.25) is 5.91 Å². The van der Waals surface area contributed by atoms with Crippen LogP contribution in [-0.2, 0) is 20.7 Å². The second-order valence-electron chi connectivity index (χ2n) is 13.0. The highest BCUT2D eigenvalue weighted by Gasteiger charge is 2.30. The number of benzene rings is 5. The number of amides is 3. The summed E-state index contributed by atoms with van der Waals surface area (Å²) in [6, 6.07) is 40.0. The summed E-state index contributed by atoms with van der Waals surface area (Å²) in [7, 11) is 0. The Balaban J connectivity index is 1.15. The van der Waals surface area contributed by atoms with Gasteiger partial charge in [-0.3, -0.25) is 10.1 Å². The van der Waals surface area contributed by atoms with Gasteiger partial charge in [0.25, 0.3) is 0 Å². The Morgan fingerprint density at radius 2 is 1.16 bits per heavy atom. The molecule has 3 amide bonds. The van der Waals surface area contributed by atoms with Crippen LogP contribution < -0.4 is 16.0 Å². The van der Waals surface area contributed by atoms with Gasteiger partial charge in [-0.1, -0.05) is 103 Å². The number of ether oxygens (including phenoxy) is 2. The first-order valence-electron chi connectivity index (χ1n) is 16.3. The highest BCUT2D eigenvalue weighted by molar-refractivity contribution is 5.97. The Morgan fingerprint density at radius 3 is 1.76 bits per heavy atom. The van der Waals surface area contributed by atoms with Crippen molar-refractivity contribution in [2.75, 3.05) is 17.2 Å². The standard InChI is InChI=1S/C41H39N3O5/c1-41(2,3)49-40(47)43-31-23-21-30(22-24-31)42-38(45)37(25-27-17-19-29(20-18-27)28-11-5-4-6-12-28)44-39(46)48-26-36-34-15-9-7-13-32(34)33-14-8-10-16-35(33)36/h4-24,36-37H,25-26H2,1-3H3,(H,42,45)(H,43,47)(H,44,46)/t37-/m1/s1. The van der Waals surface area contributed by atoms with Gasteiger partial charge in [0.05, 0.1) is 0 Å². The lowest BCUT2D eigenvalue weighted by Gasteiger charge is -2.21. The largest absolute Gasteiger partial charge is 0.449 e. The molecule has 1 aliphatic carbocycles. The quantitative estimate of drug-likeness (QED) is 0.148. The molecule has 3 N–H and O–H groups in total. The minimum Gasteiger partial charge on any atom is -0.449 e. The number of hydrogen-bond donors (Lipinski definition) is 3. The van der Waals surface area contributed by atoms with Gasteiger partial charge in [-0.25, -0.2) is 9.59 Å². The summed E-state index contributed by atoms with van der Waals surface area (Å²) in [4.78, 5) is 39.1. The van der Waals surface area contributed by atoms with Crippen LogP contribution >= 0.6 is 0 Å². The summed E-state index contributed by atoms with van der Waals surface area (Å²) in [6.45, 7) is 5.49. The summed E-state index contributed by atoms with van der Waals surface area (Å²) in [5, 5.41) is 8.39. The summed E-state index contributed by atoms with van der Waals surface area (Å²) in [5.41, 5.74) is 7.87. The average Bonchev–Trinajstić information content (AvgIpc) is 3.41. The minimum atomic E-state index is -0.933. The van der Waals surface area contributed by atoms with Gasteiger partial charge in [-0.05, 0) is 84.0 Å². The van der Waals surface area contributed by atoms with Crippen molar-refractivity contribution in [3.05, 3.63) is 144 Å². The molecule has 0 fully saturated rings. The van der Waals surface area contributed by atoms with Crippen molar-refractivity contribution in [2.24, 2.45) is 0 Å². The number of carbonyl (C=O) groups excluding carboxylic acids is 3. The van der Waals surface area contributed by atoms with Crippen molar-refractivity contribution in [3.63, 3.8) is 0 Å².